The second kappa shape index (κ2) is 6.27. The molecule has 16 heavy (non-hydrogen) atoms. The summed E-state index contributed by atoms with van der Waals surface area (Å²) in [5.41, 5.74) is 0.908. The number of carbonyl (C=O) groups is 1. The highest BCUT2D eigenvalue weighted by Gasteiger charge is 2.07. The second-order valence-corrected chi connectivity index (χ2v) is 3.95. The molecule has 2 unspecified atom stereocenters. The number of nitrogens with zero attached hydrogens (tertiary/aromatic N) is 1. The molecule has 0 aromatic carbocycles. The van der Waals surface area contributed by atoms with Crippen LogP contribution in [0.15, 0.2) is 16.6 Å². The lowest BCUT2D eigenvalue weighted by atomic mass is 10.1. The molecule has 0 fully saturated rings. The van der Waals surface area contributed by atoms with E-state index >= 15 is 0 Å². The Morgan fingerprint density at radius 1 is 1.81 bits per heavy atom. The minimum Gasteiger partial charge on any atom is -0.445 e. The third kappa shape index (κ3) is 4.93. The molecule has 5 heteroatoms. The van der Waals surface area contributed by atoms with Crippen LogP contribution < -0.4 is 5.32 Å². The number of hydrogen-bond donors (Lipinski definition) is 2. The van der Waals surface area contributed by atoms with Crippen molar-refractivity contribution >= 4 is 12.3 Å². The molecule has 0 aliphatic carbocycles. The summed E-state index contributed by atoms with van der Waals surface area (Å²) in [6, 6.07) is 0.313. The maximum atomic E-state index is 11.1. The molecule has 1 aliphatic heterocycles. The Morgan fingerprint density at radius 3 is 3.12 bits per heavy atom. The van der Waals surface area contributed by atoms with E-state index in [1.54, 1.807) is 13.1 Å². The number of carbonyl (C=O) groups excluding carboxylic acids is 1. The molecule has 0 bridgehead atoms. The van der Waals surface area contributed by atoms with Gasteiger partial charge in [0.15, 0.2) is 0 Å². The number of aliphatic hydroxyl groups excluding tert-OH is 1. The lowest BCUT2D eigenvalue weighted by Crippen LogP contribution is -2.31. The standard InChI is InChI=1S/C11H18N2O3/c1-8-3-4-10(6-12-8)7-16-11(15)13-5-9(2)14/h4,6,8-9,14H,3,5,7H2,1-2H3,(H,13,15). The summed E-state index contributed by atoms with van der Waals surface area (Å²) in [5, 5.41) is 11.4. The molecule has 0 aromatic rings. The average molecular weight is 226 g/mol. The summed E-state index contributed by atoms with van der Waals surface area (Å²) in [6.07, 6.45) is 3.54. The number of dihydropyridines is 1. The van der Waals surface area contributed by atoms with E-state index in [-0.39, 0.29) is 13.2 Å². The molecule has 1 amide bonds. The van der Waals surface area contributed by atoms with Crippen molar-refractivity contribution in [1.29, 1.82) is 0 Å². The minimum absolute atomic E-state index is 0.197. The monoisotopic (exact) mass is 226 g/mol. The van der Waals surface area contributed by atoms with Crippen LogP contribution in [0.4, 0.5) is 4.79 Å². The summed E-state index contributed by atoms with van der Waals surface area (Å²) in [7, 11) is 0. The molecule has 1 rings (SSSR count). The molecule has 2 atom stereocenters. The van der Waals surface area contributed by atoms with Gasteiger partial charge in [0, 0.05) is 18.3 Å². The van der Waals surface area contributed by atoms with Crippen molar-refractivity contribution in [3.8, 4) is 0 Å². The smallest absolute Gasteiger partial charge is 0.407 e. The number of aliphatic imine (C=N–C) groups is 1. The van der Waals surface area contributed by atoms with E-state index in [0.29, 0.717) is 6.04 Å². The van der Waals surface area contributed by atoms with Crippen LogP contribution in [0.3, 0.4) is 0 Å². The van der Waals surface area contributed by atoms with E-state index < -0.39 is 12.2 Å². The van der Waals surface area contributed by atoms with Crippen molar-refractivity contribution in [3.63, 3.8) is 0 Å². The van der Waals surface area contributed by atoms with Gasteiger partial charge in [0.1, 0.15) is 6.61 Å². The number of amides is 1. The maximum Gasteiger partial charge on any atom is 0.407 e. The van der Waals surface area contributed by atoms with Crippen LogP contribution in [-0.4, -0.2) is 42.7 Å². The Labute approximate surface area is 95.2 Å². The molecular weight excluding hydrogens is 208 g/mol. The Balaban J connectivity index is 2.20. The van der Waals surface area contributed by atoms with Gasteiger partial charge in [-0.15, -0.1) is 0 Å². The molecule has 0 radical (unpaired) electrons. The number of aliphatic hydroxyl groups is 1. The SMILES string of the molecule is CC(O)CNC(=O)OCC1=CCC(C)N=C1. The lowest BCUT2D eigenvalue weighted by Gasteiger charge is -2.12. The first-order valence-electron chi connectivity index (χ1n) is 5.39. The van der Waals surface area contributed by atoms with Crippen molar-refractivity contribution in [2.24, 2.45) is 4.99 Å². The first-order valence-corrected chi connectivity index (χ1v) is 5.39. The van der Waals surface area contributed by atoms with Crippen LogP contribution in [0.1, 0.15) is 20.3 Å². The summed E-state index contributed by atoms with van der Waals surface area (Å²) >= 11 is 0. The first-order chi connectivity index (χ1) is 7.58. The highest BCUT2D eigenvalue weighted by molar-refractivity contribution is 5.80. The third-order valence-electron chi connectivity index (χ3n) is 2.13. The van der Waals surface area contributed by atoms with Crippen molar-refractivity contribution in [3.05, 3.63) is 11.6 Å². The van der Waals surface area contributed by atoms with Gasteiger partial charge in [-0.25, -0.2) is 4.79 Å². The number of ether oxygens (including phenoxy) is 1. The molecule has 0 saturated heterocycles. The zero-order valence-electron chi connectivity index (χ0n) is 9.64. The molecule has 1 aliphatic rings. The van der Waals surface area contributed by atoms with E-state index in [0.717, 1.165) is 12.0 Å². The number of nitrogens with one attached hydrogen (secondary N) is 1. The fourth-order valence-corrected chi connectivity index (χ4v) is 1.19. The van der Waals surface area contributed by atoms with Crippen molar-refractivity contribution in [2.75, 3.05) is 13.2 Å². The average Bonchev–Trinajstić information content (AvgIpc) is 2.25. The highest BCUT2D eigenvalue weighted by Crippen LogP contribution is 2.07. The van der Waals surface area contributed by atoms with Gasteiger partial charge in [-0.2, -0.15) is 0 Å². The zero-order chi connectivity index (χ0) is 12.0. The van der Waals surface area contributed by atoms with Gasteiger partial charge in [-0.1, -0.05) is 6.08 Å². The highest BCUT2D eigenvalue weighted by atomic mass is 16.5. The predicted molar refractivity (Wildman–Crippen MR) is 61.7 cm³/mol. The number of hydrogen-bond acceptors (Lipinski definition) is 4. The first kappa shape index (κ1) is 12.7. The van der Waals surface area contributed by atoms with Gasteiger partial charge in [0.25, 0.3) is 0 Å². The van der Waals surface area contributed by atoms with Crippen molar-refractivity contribution < 1.29 is 14.6 Å². The van der Waals surface area contributed by atoms with Gasteiger partial charge in [0.2, 0.25) is 0 Å². The van der Waals surface area contributed by atoms with Crippen molar-refractivity contribution in [1.82, 2.24) is 5.32 Å². The molecule has 5 nitrogen and oxygen atoms in total. The molecule has 1 heterocycles. The molecule has 2 N–H and O–H groups in total. The van der Waals surface area contributed by atoms with Crippen LogP contribution in [0, 0.1) is 0 Å². The fourth-order valence-electron chi connectivity index (χ4n) is 1.19. The van der Waals surface area contributed by atoms with Crippen LogP contribution in [0.25, 0.3) is 0 Å². The van der Waals surface area contributed by atoms with Crippen LogP contribution >= 0.6 is 0 Å². The van der Waals surface area contributed by atoms with Crippen LogP contribution in [0.5, 0.6) is 0 Å². The van der Waals surface area contributed by atoms with E-state index in [4.69, 9.17) is 9.84 Å². The Hall–Kier alpha value is -1.36. The van der Waals surface area contributed by atoms with E-state index in [1.807, 2.05) is 13.0 Å². The van der Waals surface area contributed by atoms with Crippen molar-refractivity contribution in [2.45, 2.75) is 32.4 Å². The van der Waals surface area contributed by atoms with Crippen LogP contribution in [0.2, 0.25) is 0 Å². The number of rotatable bonds is 4. The zero-order valence-corrected chi connectivity index (χ0v) is 9.64. The van der Waals surface area contributed by atoms with E-state index in [9.17, 15) is 4.79 Å². The van der Waals surface area contributed by atoms with Gasteiger partial charge in [0.05, 0.1) is 12.1 Å². The fraction of sp³-hybridized carbons (Fsp3) is 0.636. The third-order valence-corrected chi connectivity index (χ3v) is 2.13. The normalized spacial score (nSPS) is 21.2. The molecule has 0 aromatic heterocycles. The Bertz CT molecular complexity index is 298. The summed E-state index contributed by atoms with van der Waals surface area (Å²) in [4.78, 5) is 15.4. The Morgan fingerprint density at radius 2 is 2.56 bits per heavy atom. The topological polar surface area (TPSA) is 70.9 Å². The van der Waals surface area contributed by atoms with E-state index in [2.05, 4.69) is 10.3 Å². The Kier molecular flexibility index (Phi) is 4.98. The summed E-state index contributed by atoms with van der Waals surface area (Å²) in [5.74, 6) is 0. The molecule has 0 spiro atoms. The lowest BCUT2D eigenvalue weighted by molar-refractivity contribution is 0.143. The summed E-state index contributed by atoms with van der Waals surface area (Å²) < 4.78 is 4.95. The van der Waals surface area contributed by atoms with Gasteiger partial charge in [-0.05, 0) is 20.3 Å². The van der Waals surface area contributed by atoms with Gasteiger partial charge < -0.3 is 15.2 Å². The molecular formula is C11H18N2O3. The quantitative estimate of drug-likeness (QED) is 0.747. The predicted octanol–water partition coefficient (Wildman–Crippen LogP) is 0.883. The number of alkyl carbamates (subject to hydrolysis) is 1. The van der Waals surface area contributed by atoms with E-state index in [1.165, 1.54) is 0 Å². The van der Waals surface area contributed by atoms with Gasteiger partial charge >= 0.3 is 6.09 Å². The van der Waals surface area contributed by atoms with Crippen LogP contribution in [-0.2, 0) is 4.74 Å². The minimum atomic E-state index is -0.566. The second-order valence-electron chi connectivity index (χ2n) is 3.95. The summed E-state index contributed by atoms with van der Waals surface area (Å²) in [6.45, 7) is 4.04. The molecule has 0 saturated carbocycles. The largest absolute Gasteiger partial charge is 0.445 e. The molecule has 90 valence electrons. The van der Waals surface area contributed by atoms with Gasteiger partial charge in [-0.3, -0.25) is 4.99 Å². The maximum absolute atomic E-state index is 11.1.